The van der Waals surface area contributed by atoms with E-state index in [0.29, 0.717) is 5.75 Å². The van der Waals surface area contributed by atoms with Crippen LogP contribution in [0.25, 0.3) is 6.08 Å². The van der Waals surface area contributed by atoms with Gasteiger partial charge in [0.2, 0.25) is 5.91 Å². The Labute approximate surface area is 105 Å². The van der Waals surface area contributed by atoms with E-state index in [-0.39, 0.29) is 11.6 Å². The summed E-state index contributed by atoms with van der Waals surface area (Å²) in [4.78, 5) is 22.4. The van der Waals surface area contributed by atoms with Crippen LogP contribution in [0.3, 0.4) is 0 Å². The van der Waals surface area contributed by atoms with Crippen molar-refractivity contribution in [3.05, 3.63) is 35.5 Å². The summed E-state index contributed by atoms with van der Waals surface area (Å²) in [6, 6.07) is 7.05. The van der Waals surface area contributed by atoms with E-state index in [2.05, 4.69) is 10.1 Å². The second-order valence-corrected chi connectivity index (χ2v) is 3.50. The molecule has 0 saturated carbocycles. The monoisotopic (exact) mass is 249 g/mol. The number of hydrogen-bond acceptors (Lipinski definition) is 4. The van der Waals surface area contributed by atoms with Gasteiger partial charge in [-0.2, -0.15) is 0 Å². The molecule has 1 amide bonds. The summed E-state index contributed by atoms with van der Waals surface area (Å²) in [6.45, 7) is 1.32. The molecule has 5 heteroatoms. The minimum Gasteiger partial charge on any atom is -0.497 e. The van der Waals surface area contributed by atoms with E-state index in [4.69, 9.17) is 4.74 Å². The smallest absolute Gasteiger partial charge is 0.354 e. The molecule has 0 bridgehead atoms. The molecule has 1 aromatic carbocycles. The number of nitrogens with one attached hydrogen (secondary N) is 1. The molecule has 0 aliphatic rings. The molecule has 0 aliphatic heterocycles. The Morgan fingerprint density at radius 3 is 2.22 bits per heavy atom. The molecule has 0 fully saturated rings. The summed E-state index contributed by atoms with van der Waals surface area (Å²) < 4.78 is 9.61. The molecule has 0 atom stereocenters. The van der Waals surface area contributed by atoms with E-state index in [1.165, 1.54) is 20.1 Å². The molecule has 1 aromatic rings. The maximum Gasteiger partial charge on any atom is 0.354 e. The Kier molecular flexibility index (Phi) is 4.92. The summed E-state index contributed by atoms with van der Waals surface area (Å²) in [5.41, 5.74) is 0.847. The molecule has 0 unspecified atom stereocenters. The van der Waals surface area contributed by atoms with Crippen molar-refractivity contribution in [2.45, 2.75) is 6.92 Å². The van der Waals surface area contributed by atoms with Gasteiger partial charge in [0.1, 0.15) is 11.4 Å². The quantitative estimate of drug-likeness (QED) is 0.646. The molecule has 1 N–H and O–H groups in total. The SMILES string of the molecule is COC(=O)/C(=C\c1ccc(OC)cc1)NC(C)=O. The highest BCUT2D eigenvalue weighted by Gasteiger charge is 2.10. The standard InChI is InChI=1S/C13H15NO4/c1-9(15)14-12(13(16)18-3)8-10-4-6-11(17-2)7-5-10/h4-8H,1-3H3,(H,14,15)/b12-8+. The highest BCUT2D eigenvalue weighted by Crippen LogP contribution is 2.13. The average molecular weight is 249 g/mol. The first-order valence-corrected chi connectivity index (χ1v) is 5.28. The zero-order chi connectivity index (χ0) is 13.5. The van der Waals surface area contributed by atoms with Gasteiger partial charge < -0.3 is 14.8 Å². The molecular weight excluding hydrogens is 234 g/mol. The molecular formula is C13H15NO4. The van der Waals surface area contributed by atoms with Crippen molar-refractivity contribution >= 4 is 18.0 Å². The first kappa shape index (κ1) is 13.8. The highest BCUT2D eigenvalue weighted by atomic mass is 16.5. The fourth-order valence-electron chi connectivity index (χ4n) is 1.31. The van der Waals surface area contributed by atoms with Gasteiger partial charge in [-0.15, -0.1) is 0 Å². The van der Waals surface area contributed by atoms with Crippen LogP contribution in [0.15, 0.2) is 30.0 Å². The third kappa shape index (κ3) is 3.93. The van der Waals surface area contributed by atoms with Gasteiger partial charge >= 0.3 is 5.97 Å². The molecule has 0 aliphatic carbocycles. The van der Waals surface area contributed by atoms with E-state index >= 15 is 0 Å². The van der Waals surface area contributed by atoms with E-state index in [9.17, 15) is 9.59 Å². The molecule has 1 rings (SSSR count). The first-order valence-electron chi connectivity index (χ1n) is 5.28. The second-order valence-electron chi connectivity index (χ2n) is 3.50. The van der Waals surface area contributed by atoms with Crippen LogP contribution >= 0.6 is 0 Å². The van der Waals surface area contributed by atoms with Crippen molar-refractivity contribution in [3.8, 4) is 5.75 Å². The lowest BCUT2D eigenvalue weighted by Crippen LogP contribution is -2.25. The van der Waals surface area contributed by atoms with Crippen LogP contribution in [-0.4, -0.2) is 26.1 Å². The van der Waals surface area contributed by atoms with Gasteiger partial charge in [0, 0.05) is 6.92 Å². The minimum absolute atomic E-state index is 0.0927. The van der Waals surface area contributed by atoms with Crippen LogP contribution in [-0.2, 0) is 14.3 Å². The van der Waals surface area contributed by atoms with Gasteiger partial charge in [-0.3, -0.25) is 4.79 Å². The number of benzene rings is 1. The number of hydrogen-bond donors (Lipinski definition) is 1. The van der Waals surface area contributed by atoms with E-state index in [0.717, 1.165) is 5.56 Å². The summed E-state index contributed by atoms with van der Waals surface area (Å²) in [7, 11) is 2.83. The van der Waals surface area contributed by atoms with Crippen molar-refractivity contribution in [1.82, 2.24) is 5.32 Å². The average Bonchev–Trinajstić information content (AvgIpc) is 2.37. The maximum absolute atomic E-state index is 11.4. The predicted octanol–water partition coefficient (Wildman–Crippen LogP) is 1.35. The zero-order valence-electron chi connectivity index (χ0n) is 10.5. The Bertz CT molecular complexity index is 462. The molecule has 0 saturated heterocycles. The molecule has 5 nitrogen and oxygen atoms in total. The minimum atomic E-state index is -0.596. The van der Waals surface area contributed by atoms with Crippen LogP contribution in [0.2, 0.25) is 0 Å². The first-order chi connectivity index (χ1) is 8.56. The van der Waals surface area contributed by atoms with E-state index in [1.54, 1.807) is 31.4 Å². The highest BCUT2D eigenvalue weighted by molar-refractivity contribution is 5.97. The van der Waals surface area contributed by atoms with Crippen molar-refractivity contribution in [2.24, 2.45) is 0 Å². The number of amides is 1. The summed E-state index contributed by atoms with van der Waals surface area (Å²) in [6.07, 6.45) is 1.53. The van der Waals surface area contributed by atoms with Gasteiger partial charge in [0.15, 0.2) is 0 Å². The lowest BCUT2D eigenvalue weighted by atomic mass is 10.2. The number of carbonyl (C=O) groups excluding carboxylic acids is 2. The fraction of sp³-hybridized carbons (Fsp3) is 0.231. The fourth-order valence-corrected chi connectivity index (χ4v) is 1.31. The summed E-state index contributed by atoms with van der Waals surface area (Å²) in [5.74, 6) is -0.215. The summed E-state index contributed by atoms with van der Waals surface area (Å²) >= 11 is 0. The van der Waals surface area contributed by atoms with Gasteiger partial charge in [0.25, 0.3) is 0 Å². The number of esters is 1. The maximum atomic E-state index is 11.4. The van der Waals surface area contributed by atoms with Gasteiger partial charge in [-0.1, -0.05) is 12.1 Å². The van der Waals surface area contributed by atoms with Crippen LogP contribution in [0, 0.1) is 0 Å². The topological polar surface area (TPSA) is 64.6 Å². The van der Waals surface area contributed by atoms with Crippen molar-refractivity contribution in [2.75, 3.05) is 14.2 Å². The number of carbonyl (C=O) groups is 2. The Morgan fingerprint density at radius 2 is 1.78 bits per heavy atom. The van der Waals surface area contributed by atoms with Gasteiger partial charge in [-0.25, -0.2) is 4.79 Å². The third-order valence-corrected chi connectivity index (χ3v) is 2.14. The third-order valence-electron chi connectivity index (χ3n) is 2.14. The lowest BCUT2D eigenvalue weighted by Gasteiger charge is -2.06. The van der Waals surface area contributed by atoms with E-state index in [1.807, 2.05) is 0 Å². The molecule has 0 heterocycles. The normalized spacial score (nSPS) is 10.7. The number of ether oxygens (including phenoxy) is 2. The van der Waals surface area contributed by atoms with Gasteiger partial charge in [-0.05, 0) is 23.8 Å². The van der Waals surface area contributed by atoms with Gasteiger partial charge in [0.05, 0.1) is 14.2 Å². The lowest BCUT2D eigenvalue weighted by molar-refractivity contribution is -0.137. The number of rotatable bonds is 4. The largest absolute Gasteiger partial charge is 0.497 e. The summed E-state index contributed by atoms with van der Waals surface area (Å²) in [5, 5.41) is 2.42. The molecule has 96 valence electrons. The van der Waals surface area contributed by atoms with Crippen molar-refractivity contribution < 1.29 is 19.1 Å². The van der Waals surface area contributed by atoms with Crippen LogP contribution in [0.5, 0.6) is 5.75 Å². The number of methoxy groups -OCH3 is 2. The van der Waals surface area contributed by atoms with Crippen LogP contribution in [0.1, 0.15) is 12.5 Å². The van der Waals surface area contributed by atoms with Crippen molar-refractivity contribution in [3.63, 3.8) is 0 Å². The molecule has 0 radical (unpaired) electrons. The Balaban J connectivity index is 2.98. The van der Waals surface area contributed by atoms with E-state index < -0.39 is 5.97 Å². The Morgan fingerprint density at radius 1 is 1.17 bits per heavy atom. The molecule has 18 heavy (non-hydrogen) atoms. The second kappa shape index (κ2) is 6.44. The van der Waals surface area contributed by atoms with Crippen molar-refractivity contribution in [1.29, 1.82) is 0 Å². The van der Waals surface area contributed by atoms with Crippen LogP contribution < -0.4 is 10.1 Å². The predicted molar refractivity (Wildman–Crippen MR) is 66.8 cm³/mol. The zero-order valence-corrected chi connectivity index (χ0v) is 10.5. The molecule has 0 spiro atoms. The Hall–Kier alpha value is -2.30. The molecule has 0 aromatic heterocycles. The van der Waals surface area contributed by atoms with Crippen LogP contribution in [0.4, 0.5) is 0 Å².